The smallest absolute Gasteiger partial charge is 0.221 e. The van der Waals surface area contributed by atoms with Crippen molar-refractivity contribution < 1.29 is 0 Å². The highest BCUT2D eigenvalue weighted by Crippen LogP contribution is 2.08. The molecule has 0 fully saturated rings. The van der Waals surface area contributed by atoms with Crippen molar-refractivity contribution in [3.05, 3.63) is 47.7 Å². The summed E-state index contributed by atoms with van der Waals surface area (Å²) < 4.78 is 0. The number of anilines is 2. The topological polar surface area (TPSA) is 63.8 Å². The summed E-state index contributed by atoms with van der Waals surface area (Å²) in [5, 5.41) is 3.20. The Balaban J connectivity index is 2.02. The van der Waals surface area contributed by atoms with Gasteiger partial charge in [-0.05, 0) is 18.6 Å². The van der Waals surface area contributed by atoms with Gasteiger partial charge >= 0.3 is 0 Å². The summed E-state index contributed by atoms with van der Waals surface area (Å²) in [7, 11) is 0. The van der Waals surface area contributed by atoms with Gasteiger partial charge in [0, 0.05) is 12.7 Å². The monoisotopic (exact) mass is 214 g/mol. The average Bonchev–Trinajstić information content (AvgIpc) is 2.27. The van der Waals surface area contributed by atoms with Crippen LogP contribution in [0.5, 0.6) is 0 Å². The molecule has 1 heterocycles. The van der Waals surface area contributed by atoms with Crippen LogP contribution in [0, 0.1) is 6.92 Å². The minimum atomic E-state index is 0.286. The third kappa shape index (κ3) is 2.70. The second-order valence-corrected chi connectivity index (χ2v) is 3.64. The predicted molar refractivity (Wildman–Crippen MR) is 65.0 cm³/mol. The number of nitrogens with two attached hydrogens (primary N) is 1. The van der Waals surface area contributed by atoms with Crippen LogP contribution in [-0.2, 0) is 6.54 Å². The molecule has 3 N–H and O–H groups in total. The van der Waals surface area contributed by atoms with Crippen LogP contribution in [0.25, 0.3) is 0 Å². The second-order valence-electron chi connectivity index (χ2n) is 3.64. The van der Waals surface area contributed by atoms with E-state index in [-0.39, 0.29) is 5.95 Å². The lowest BCUT2D eigenvalue weighted by atomic mass is 10.1. The minimum absolute atomic E-state index is 0.286. The van der Waals surface area contributed by atoms with Gasteiger partial charge in [-0.25, -0.2) is 4.98 Å². The first-order chi connectivity index (χ1) is 7.74. The lowest BCUT2D eigenvalue weighted by molar-refractivity contribution is 1.09. The number of hydrogen-bond acceptors (Lipinski definition) is 4. The standard InChI is InChI=1S/C12H14N4/c1-9-3-2-4-10(7-9)8-15-11-5-6-14-12(13)16-11/h2-7H,8H2,1H3,(H3,13,14,15,16). The average molecular weight is 214 g/mol. The van der Waals surface area contributed by atoms with E-state index in [2.05, 4.69) is 40.4 Å². The molecule has 0 saturated carbocycles. The molecule has 0 amide bonds. The molecule has 1 aromatic carbocycles. The van der Waals surface area contributed by atoms with Crippen molar-refractivity contribution in [2.24, 2.45) is 0 Å². The van der Waals surface area contributed by atoms with E-state index in [0.717, 1.165) is 12.4 Å². The van der Waals surface area contributed by atoms with Crippen molar-refractivity contribution in [3.63, 3.8) is 0 Å². The van der Waals surface area contributed by atoms with E-state index in [0.29, 0.717) is 0 Å². The van der Waals surface area contributed by atoms with Crippen molar-refractivity contribution in [2.45, 2.75) is 13.5 Å². The molecule has 4 nitrogen and oxygen atoms in total. The Hall–Kier alpha value is -2.10. The summed E-state index contributed by atoms with van der Waals surface area (Å²) in [4.78, 5) is 7.90. The van der Waals surface area contributed by atoms with Gasteiger partial charge in [0.1, 0.15) is 5.82 Å². The van der Waals surface area contributed by atoms with Gasteiger partial charge in [-0.2, -0.15) is 4.98 Å². The summed E-state index contributed by atoms with van der Waals surface area (Å²) in [5.41, 5.74) is 7.96. The molecular formula is C12H14N4. The van der Waals surface area contributed by atoms with Crippen LogP contribution >= 0.6 is 0 Å². The number of hydrogen-bond donors (Lipinski definition) is 2. The molecule has 16 heavy (non-hydrogen) atoms. The number of benzene rings is 1. The maximum absolute atomic E-state index is 5.49. The van der Waals surface area contributed by atoms with Crippen molar-refractivity contribution in [2.75, 3.05) is 11.1 Å². The zero-order valence-corrected chi connectivity index (χ0v) is 9.14. The summed E-state index contributed by atoms with van der Waals surface area (Å²) in [5.74, 6) is 1.03. The molecule has 82 valence electrons. The van der Waals surface area contributed by atoms with Crippen LogP contribution in [0.4, 0.5) is 11.8 Å². The first-order valence-corrected chi connectivity index (χ1v) is 5.12. The number of nitrogens with one attached hydrogen (secondary N) is 1. The Bertz CT molecular complexity index is 436. The van der Waals surface area contributed by atoms with E-state index in [9.17, 15) is 0 Å². The lowest BCUT2D eigenvalue weighted by Gasteiger charge is -2.06. The first-order valence-electron chi connectivity index (χ1n) is 5.12. The molecule has 0 aliphatic carbocycles. The van der Waals surface area contributed by atoms with E-state index in [4.69, 9.17) is 5.73 Å². The van der Waals surface area contributed by atoms with Crippen LogP contribution in [0.3, 0.4) is 0 Å². The van der Waals surface area contributed by atoms with Crippen molar-refractivity contribution >= 4 is 11.8 Å². The SMILES string of the molecule is Cc1cccc(CNc2ccnc(N)n2)c1. The van der Waals surface area contributed by atoms with Gasteiger partial charge in [-0.3, -0.25) is 0 Å². The summed E-state index contributed by atoms with van der Waals surface area (Å²) in [6.07, 6.45) is 1.64. The molecule has 0 saturated heterocycles. The minimum Gasteiger partial charge on any atom is -0.368 e. The largest absolute Gasteiger partial charge is 0.368 e. The van der Waals surface area contributed by atoms with Crippen LogP contribution < -0.4 is 11.1 Å². The molecule has 0 aliphatic rings. The Kier molecular flexibility index (Phi) is 3.00. The number of nitrogen functional groups attached to an aromatic ring is 1. The van der Waals surface area contributed by atoms with E-state index in [1.165, 1.54) is 11.1 Å². The van der Waals surface area contributed by atoms with Crippen molar-refractivity contribution in [1.82, 2.24) is 9.97 Å². The molecule has 0 spiro atoms. The quantitative estimate of drug-likeness (QED) is 0.820. The van der Waals surface area contributed by atoms with Crippen molar-refractivity contribution in [1.29, 1.82) is 0 Å². The summed E-state index contributed by atoms with van der Waals surface area (Å²) in [6.45, 7) is 2.81. The Morgan fingerprint density at radius 2 is 2.19 bits per heavy atom. The van der Waals surface area contributed by atoms with E-state index >= 15 is 0 Å². The summed E-state index contributed by atoms with van der Waals surface area (Å²) in [6, 6.07) is 10.1. The molecule has 0 unspecified atom stereocenters. The number of rotatable bonds is 3. The maximum atomic E-state index is 5.49. The maximum Gasteiger partial charge on any atom is 0.221 e. The molecule has 1 aromatic heterocycles. The Morgan fingerprint density at radius 1 is 1.31 bits per heavy atom. The van der Waals surface area contributed by atoms with Crippen LogP contribution in [-0.4, -0.2) is 9.97 Å². The van der Waals surface area contributed by atoms with E-state index in [1.54, 1.807) is 12.3 Å². The molecule has 0 radical (unpaired) electrons. The Labute approximate surface area is 94.5 Å². The van der Waals surface area contributed by atoms with Gasteiger partial charge in [-0.15, -0.1) is 0 Å². The second kappa shape index (κ2) is 4.61. The predicted octanol–water partition coefficient (Wildman–Crippen LogP) is 1.98. The highest BCUT2D eigenvalue weighted by molar-refractivity contribution is 5.38. The van der Waals surface area contributed by atoms with Crippen LogP contribution in [0.2, 0.25) is 0 Å². The number of nitrogens with zero attached hydrogens (tertiary/aromatic N) is 2. The van der Waals surface area contributed by atoms with Gasteiger partial charge in [-0.1, -0.05) is 29.8 Å². The normalized spacial score (nSPS) is 10.1. The van der Waals surface area contributed by atoms with Gasteiger partial charge < -0.3 is 11.1 Å². The highest BCUT2D eigenvalue weighted by atomic mass is 15.1. The number of aryl methyl sites for hydroxylation is 1. The molecular weight excluding hydrogens is 200 g/mol. The van der Waals surface area contributed by atoms with Gasteiger partial charge in [0.15, 0.2) is 0 Å². The number of aromatic nitrogens is 2. The first kappa shape index (κ1) is 10.4. The van der Waals surface area contributed by atoms with Gasteiger partial charge in [0.05, 0.1) is 0 Å². The summed E-state index contributed by atoms with van der Waals surface area (Å²) >= 11 is 0. The molecule has 4 heteroatoms. The van der Waals surface area contributed by atoms with Crippen molar-refractivity contribution in [3.8, 4) is 0 Å². The van der Waals surface area contributed by atoms with Gasteiger partial charge in [0.25, 0.3) is 0 Å². The van der Waals surface area contributed by atoms with E-state index in [1.807, 2.05) is 6.07 Å². The van der Waals surface area contributed by atoms with Crippen LogP contribution in [0.15, 0.2) is 36.5 Å². The lowest BCUT2D eigenvalue weighted by Crippen LogP contribution is -2.03. The Morgan fingerprint density at radius 3 is 2.94 bits per heavy atom. The molecule has 2 rings (SSSR count). The zero-order chi connectivity index (χ0) is 11.4. The fraction of sp³-hybridized carbons (Fsp3) is 0.167. The van der Waals surface area contributed by atoms with Crippen LogP contribution in [0.1, 0.15) is 11.1 Å². The van der Waals surface area contributed by atoms with Gasteiger partial charge in [0.2, 0.25) is 5.95 Å². The van der Waals surface area contributed by atoms with E-state index < -0.39 is 0 Å². The third-order valence-electron chi connectivity index (χ3n) is 2.23. The fourth-order valence-electron chi connectivity index (χ4n) is 1.49. The third-order valence-corrected chi connectivity index (χ3v) is 2.23. The molecule has 0 aliphatic heterocycles. The highest BCUT2D eigenvalue weighted by Gasteiger charge is 1.96. The zero-order valence-electron chi connectivity index (χ0n) is 9.14. The molecule has 2 aromatic rings. The molecule has 0 atom stereocenters. The fourth-order valence-corrected chi connectivity index (χ4v) is 1.49. The molecule has 0 bridgehead atoms.